The van der Waals surface area contributed by atoms with Gasteiger partial charge in [0.05, 0.1) is 9.79 Å². The molecular weight excluding hydrogens is 685 g/mol. The van der Waals surface area contributed by atoms with Crippen LogP contribution in [0.2, 0.25) is 0 Å². The van der Waals surface area contributed by atoms with Crippen LogP contribution in [0.3, 0.4) is 0 Å². The number of benzene rings is 4. The quantitative estimate of drug-likeness (QED) is 0.120. The first-order valence-corrected chi connectivity index (χ1v) is 18.8. The number of rotatable bonds is 11. The fourth-order valence-corrected chi connectivity index (χ4v) is 7.28. The number of hydrogen-bond acceptors (Lipinski definition) is 10. The molecule has 4 aromatic rings. The topological polar surface area (TPSA) is 242 Å². The number of aryl methyl sites for hydroxylation is 2. The Hall–Kier alpha value is -3.88. The molecule has 6 N–H and O–H groups in total. The highest BCUT2D eigenvalue weighted by molar-refractivity contribution is 7.87. The maximum Gasteiger partial charge on any atom is 0.294 e. The van der Waals surface area contributed by atoms with E-state index in [9.17, 15) is 51.9 Å². The van der Waals surface area contributed by atoms with Crippen LogP contribution >= 0.6 is 0 Å². The lowest BCUT2D eigenvalue weighted by Crippen LogP contribution is -2.10. The second-order valence-electron chi connectivity index (χ2n) is 10.2. The van der Waals surface area contributed by atoms with Gasteiger partial charge >= 0.3 is 0 Å². The molecule has 0 unspecified atom stereocenters. The van der Waals surface area contributed by atoms with Gasteiger partial charge in [0, 0.05) is 24.5 Å². The SMILES string of the molecule is Cc1cc(-c2ccc(NCc3ccc(S(=O)(=O)O)cc3S(=O)(=O)O)c(C)c2)ccc1NCc1ccc(S(=O)(=O)O)cc1S(=O)(=O)O. The van der Waals surface area contributed by atoms with E-state index in [1.165, 1.54) is 12.1 Å². The number of nitrogens with one attached hydrogen (secondary N) is 2. The van der Waals surface area contributed by atoms with E-state index in [-0.39, 0.29) is 24.2 Å². The normalized spacial score (nSPS) is 12.6. The average molecular weight is 713 g/mol. The molecule has 0 aliphatic rings. The Morgan fingerprint density at radius 2 is 0.826 bits per heavy atom. The summed E-state index contributed by atoms with van der Waals surface area (Å²) in [5.41, 5.74) is 4.55. The van der Waals surface area contributed by atoms with Crippen LogP contribution in [-0.4, -0.2) is 51.9 Å². The Balaban J connectivity index is 1.52. The molecule has 0 amide bonds. The van der Waals surface area contributed by atoms with Crippen LogP contribution in [0, 0.1) is 13.8 Å². The molecule has 0 saturated carbocycles. The Bertz CT molecular complexity index is 2120. The van der Waals surface area contributed by atoms with Gasteiger partial charge in [0.2, 0.25) is 0 Å². The summed E-state index contributed by atoms with van der Waals surface area (Å²) in [6.07, 6.45) is 0. The summed E-state index contributed by atoms with van der Waals surface area (Å²) in [6.45, 7) is 3.41. The zero-order chi connectivity index (χ0) is 34.2. The molecule has 14 nitrogen and oxygen atoms in total. The van der Waals surface area contributed by atoms with Crippen molar-refractivity contribution in [3.63, 3.8) is 0 Å². The van der Waals surface area contributed by atoms with Crippen molar-refractivity contribution >= 4 is 51.8 Å². The third-order valence-corrected chi connectivity index (χ3v) is 10.5. The number of hydrogen-bond donors (Lipinski definition) is 6. The first-order chi connectivity index (χ1) is 21.1. The molecule has 46 heavy (non-hydrogen) atoms. The van der Waals surface area contributed by atoms with Gasteiger partial charge < -0.3 is 10.6 Å². The summed E-state index contributed by atoms with van der Waals surface area (Å²) in [5, 5.41) is 6.11. The minimum atomic E-state index is -4.81. The van der Waals surface area contributed by atoms with E-state index in [0.717, 1.165) is 34.4 Å². The zero-order valence-corrected chi connectivity index (χ0v) is 27.3. The standard InChI is InChI=1S/C28H28N2O12S4/c1-17-11-19(5-9-25(17)29-15-21-3-7-23(43(31,32)33)13-27(21)45(37,38)39)20-6-10-26(18(2)12-20)30-16-22-4-8-24(44(34,35)36)14-28(22)46(40,41)42/h3-14,29-30H,15-16H2,1-2H3,(H,31,32,33)(H,34,35,36)(H,37,38,39)(H,40,41,42). The van der Waals surface area contributed by atoms with E-state index in [0.29, 0.717) is 23.5 Å². The average Bonchev–Trinajstić information content (AvgIpc) is 2.93. The van der Waals surface area contributed by atoms with Crippen molar-refractivity contribution in [3.8, 4) is 11.1 Å². The second-order valence-corrected chi connectivity index (χ2v) is 15.8. The minimum absolute atomic E-state index is 0.0650. The second kappa shape index (κ2) is 12.7. The molecule has 0 radical (unpaired) electrons. The monoisotopic (exact) mass is 712 g/mol. The highest BCUT2D eigenvalue weighted by atomic mass is 32.2. The smallest absolute Gasteiger partial charge is 0.294 e. The molecule has 4 aromatic carbocycles. The first kappa shape index (κ1) is 35.0. The van der Waals surface area contributed by atoms with E-state index in [1.807, 2.05) is 12.1 Å². The van der Waals surface area contributed by atoms with Gasteiger partial charge in [-0.1, -0.05) is 24.3 Å². The molecular formula is C28H28N2O12S4. The van der Waals surface area contributed by atoms with E-state index >= 15 is 0 Å². The van der Waals surface area contributed by atoms with Gasteiger partial charge in [-0.25, -0.2) is 0 Å². The summed E-state index contributed by atoms with van der Waals surface area (Å²) in [6, 6.07) is 16.5. The van der Waals surface area contributed by atoms with Crippen molar-refractivity contribution in [2.75, 3.05) is 10.6 Å². The maximum atomic E-state index is 11.9. The molecule has 0 aliphatic carbocycles. The lowest BCUT2D eigenvalue weighted by atomic mass is 9.99. The van der Waals surface area contributed by atoms with Gasteiger partial charge in [0.25, 0.3) is 40.5 Å². The fraction of sp³-hybridized carbons (Fsp3) is 0.143. The predicted octanol–water partition coefficient (Wildman–Crippen LogP) is 4.18. The Morgan fingerprint density at radius 3 is 1.11 bits per heavy atom. The summed E-state index contributed by atoms with van der Waals surface area (Å²) in [4.78, 5) is -2.70. The molecule has 0 saturated heterocycles. The van der Waals surface area contributed by atoms with Crippen molar-refractivity contribution < 1.29 is 51.9 Å². The molecule has 0 aromatic heterocycles. The van der Waals surface area contributed by atoms with Gasteiger partial charge in [-0.3, -0.25) is 18.2 Å². The van der Waals surface area contributed by atoms with Gasteiger partial charge in [0.15, 0.2) is 0 Å². The molecule has 18 heteroatoms. The third-order valence-electron chi connectivity index (χ3n) is 6.95. The number of anilines is 2. The van der Waals surface area contributed by atoms with Crippen molar-refractivity contribution in [1.82, 2.24) is 0 Å². The van der Waals surface area contributed by atoms with E-state index in [4.69, 9.17) is 0 Å². The molecule has 0 bridgehead atoms. The van der Waals surface area contributed by atoms with Gasteiger partial charge in [0.1, 0.15) is 9.79 Å². The Labute approximate surface area is 266 Å². The fourth-order valence-electron chi connectivity index (χ4n) is 4.63. The predicted molar refractivity (Wildman–Crippen MR) is 168 cm³/mol. The van der Waals surface area contributed by atoms with Crippen molar-refractivity contribution in [3.05, 3.63) is 95.1 Å². The van der Waals surface area contributed by atoms with Gasteiger partial charge in [-0.2, -0.15) is 33.7 Å². The van der Waals surface area contributed by atoms with Crippen LogP contribution in [0.5, 0.6) is 0 Å². The highest BCUT2D eigenvalue weighted by Crippen LogP contribution is 2.30. The van der Waals surface area contributed by atoms with Gasteiger partial charge in [-0.15, -0.1) is 0 Å². The molecule has 0 spiro atoms. The third kappa shape index (κ3) is 8.28. The van der Waals surface area contributed by atoms with Crippen molar-refractivity contribution in [1.29, 1.82) is 0 Å². The van der Waals surface area contributed by atoms with Gasteiger partial charge in [-0.05, 0) is 95.8 Å². The first-order valence-electron chi connectivity index (χ1n) is 13.0. The minimum Gasteiger partial charge on any atom is -0.381 e. The van der Waals surface area contributed by atoms with Crippen LogP contribution in [0.15, 0.2) is 92.4 Å². The molecule has 0 heterocycles. The lowest BCUT2D eigenvalue weighted by molar-refractivity contribution is 0.475. The van der Waals surface area contributed by atoms with Crippen LogP contribution in [0.25, 0.3) is 11.1 Å². The Morgan fingerprint density at radius 1 is 0.478 bits per heavy atom. The van der Waals surface area contributed by atoms with E-state index in [2.05, 4.69) is 10.6 Å². The highest BCUT2D eigenvalue weighted by Gasteiger charge is 2.22. The summed E-state index contributed by atoms with van der Waals surface area (Å²) >= 11 is 0. The Kier molecular flexibility index (Phi) is 9.68. The van der Waals surface area contributed by atoms with Crippen LogP contribution < -0.4 is 10.6 Å². The molecule has 0 aliphatic heterocycles. The van der Waals surface area contributed by atoms with Crippen molar-refractivity contribution in [2.24, 2.45) is 0 Å². The van der Waals surface area contributed by atoms with E-state index < -0.39 is 60.1 Å². The summed E-state index contributed by atoms with van der Waals surface area (Å²) in [5.74, 6) is 0. The van der Waals surface area contributed by atoms with E-state index in [1.54, 1.807) is 38.1 Å². The largest absolute Gasteiger partial charge is 0.381 e. The van der Waals surface area contributed by atoms with Crippen LogP contribution in [0.1, 0.15) is 22.3 Å². The van der Waals surface area contributed by atoms with Crippen molar-refractivity contribution in [2.45, 2.75) is 46.5 Å². The molecule has 4 rings (SSSR count). The molecule has 246 valence electrons. The molecule has 0 fully saturated rings. The van der Waals surface area contributed by atoms with Crippen LogP contribution in [-0.2, 0) is 53.6 Å². The molecule has 0 atom stereocenters. The zero-order valence-electron chi connectivity index (χ0n) is 24.0. The lowest BCUT2D eigenvalue weighted by Gasteiger charge is -2.15. The van der Waals surface area contributed by atoms with Crippen LogP contribution in [0.4, 0.5) is 11.4 Å². The maximum absolute atomic E-state index is 11.9. The summed E-state index contributed by atoms with van der Waals surface area (Å²) < 4.78 is 131. The summed E-state index contributed by atoms with van der Waals surface area (Å²) in [7, 11) is -19.0.